The molecular weight excluding hydrogens is 498 g/mol. The van der Waals surface area contributed by atoms with Crippen LogP contribution in [0, 0.1) is 0 Å². The van der Waals surface area contributed by atoms with Gasteiger partial charge in [-0.15, -0.1) is 15.3 Å². The monoisotopic (exact) mass is 538 g/mol. The van der Waals surface area contributed by atoms with E-state index in [4.69, 9.17) is 0 Å². The van der Waals surface area contributed by atoms with Gasteiger partial charge in [0.25, 0.3) is 0 Å². The Morgan fingerprint density at radius 2 is 1.69 bits per heavy atom. The zero-order valence-electron chi connectivity index (χ0n) is 23.9. The Kier molecular flexibility index (Phi) is 8.92. The summed E-state index contributed by atoms with van der Waals surface area (Å²) in [6, 6.07) is 10.4. The number of nitrogens with one attached hydrogen (secondary N) is 1. The van der Waals surface area contributed by atoms with Crippen molar-refractivity contribution in [3.63, 3.8) is 0 Å². The molecule has 1 aromatic carbocycles. The second-order valence-electron chi connectivity index (χ2n) is 10.8. The van der Waals surface area contributed by atoms with E-state index in [9.17, 15) is 8.78 Å². The van der Waals surface area contributed by atoms with Gasteiger partial charge in [-0.05, 0) is 59.2 Å². The van der Waals surface area contributed by atoms with Gasteiger partial charge >= 0.3 is 5.92 Å². The summed E-state index contributed by atoms with van der Waals surface area (Å²) in [5.41, 5.74) is 5.18. The summed E-state index contributed by atoms with van der Waals surface area (Å²) in [5.74, 6) is -1.68. The van der Waals surface area contributed by atoms with E-state index in [-0.39, 0.29) is 24.1 Å². The third-order valence-electron chi connectivity index (χ3n) is 7.03. The van der Waals surface area contributed by atoms with Crippen molar-refractivity contribution < 1.29 is 8.78 Å². The van der Waals surface area contributed by atoms with Crippen LogP contribution in [0.25, 0.3) is 17.2 Å². The summed E-state index contributed by atoms with van der Waals surface area (Å²) < 4.78 is 33.4. The van der Waals surface area contributed by atoms with E-state index in [2.05, 4.69) is 76.0 Å². The number of hydrogen-bond acceptors (Lipinski definition) is 5. The predicted molar refractivity (Wildman–Crippen MR) is 148 cm³/mol. The fourth-order valence-corrected chi connectivity index (χ4v) is 4.79. The molecule has 10 heteroatoms. The molecule has 0 aliphatic carbocycles. The maximum absolute atomic E-state index is 14.8. The van der Waals surface area contributed by atoms with Crippen LogP contribution in [0.15, 0.2) is 30.3 Å². The number of aromatic amines is 1. The predicted octanol–water partition coefficient (Wildman–Crippen LogP) is 7.17. The highest BCUT2D eigenvalue weighted by Gasteiger charge is 2.36. The topological polar surface area (TPSA) is 90.1 Å². The van der Waals surface area contributed by atoms with Crippen LogP contribution in [-0.4, -0.2) is 40.0 Å². The molecule has 1 N–H and O–H groups in total. The largest absolute Gasteiger partial charge is 0.310 e. The number of H-pyrrole nitrogens is 1. The summed E-state index contributed by atoms with van der Waals surface area (Å²) in [6.07, 6.45) is 3.37. The molecule has 8 nitrogen and oxygen atoms in total. The van der Waals surface area contributed by atoms with Gasteiger partial charge in [-0.1, -0.05) is 66.5 Å². The summed E-state index contributed by atoms with van der Waals surface area (Å²) in [6.45, 7) is 13.0. The average molecular weight is 539 g/mol. The lowest BCUT2D eigenvalue weighted by Gasteiger charge is -2.16. The first-order valence-electron chi connectivity index (χ1n) is 14.1. The van der Waals surface area contributed by atoms with Crippen LogP contribution in [0.3, 0.4) is 0 Å². The Bertz CT molecular complexity index is 1330. The molecule has 0 aliphatic rings. The smallest absolute Gasteiger partial charge is 0.308 e. The molecule has 0 saturated heterocycles. The van der Waals surface area contributed by atoms with Gasteiger partial charge < -0.3 is 4.57 Å². The molecule has 0 amide bonds. The third kappa shape index (κ3) is 6.25. The van der Waals surface area contributed by atoms with Crippen molar-refractivity contribution in [1.29, 1.82) is 0 Å². The van der Waals surface area contributed by atoms with Gasteiger partial charge in [-0.3, -0.25) is 0 Å². The molecule has 0 fully saturated rings. The Hall–Kier alpha value is -3.43. The molecule has 3 heterocycles. The van der Waals surface area contributed by atoms with Gasteiger partial charge in [-0.25, -0.2) is 9.67 Å². The fraction of sp³-hybridized carbons (Fsp3) is 0.552. The molecule has 39 heavy (non-hydrogen) atoms. The molecule has 4 aromatic rings. The first kappa shape index (κ1) is 28.6. The van der Waals surface area contributed by atoms with E-state index in [1.807, 2.05) is 31.2 Å². The maximum atomic E-state index is 14.8. The minimum Gasteiger partial charge on any atom is -0.310 e. The lowest BCUT2D eigenvalue weighted by Crippen LogP contribution is -2.16. The van der Waals surface area contributed by atoms with Gasteiger partial charge in [0, 0.05) is 24.2 Å². The van der Waals surface area contributed by atoms with Crippen LogP contribution in [0.1, 0.15) is 114 Å². The van der Waals surface area contributed by atoms with E-state index < -0.39 is 5.92 Å². The minimum atomic E-state index is -3.02. The summed E-state index contributed by atoms with van der Waals surface area (Å²) >= 11 is 0. The van der Waals surface area contributed by atoms with Gasteiger partial charge in [0.15, 0.2) is 0 Å². The number of aryl methyl sites for hydroxylation is 1. The van der Waals surface area contributed by atoms with Crippen molar-refractivity contribution >= 4 is 0 Å². The van der Waals surface area contributed by atoms with Crippen LogP contribution in [0.4, 0.5) is 8.78 Å². The number of hydrogen-bond donors (Lipinski definition) is 1. The van der Waals surface area contributed by atoms with Crippen LogP contribution in [0.5, 0.6) is 0 Å². The first-order valence-corrected chi connectivity index (χ1v) is 14.1. The third-order valence-corrected chi connectivity index (χ3v) is 7.03. The number of aromatic nitrogens is 8. The highest BCUT2D eigenvalue weighted by atomic mass is 19.3. The van der Waals surface area contributed by atoms with E-state index in [1.165, 1.54) is 0 Å². The van der Waals surface area contributed by atoms with Crippen LogP contribution in [0.2, 0.25) is 0 Å². The Morgan fingerprint density at radius 1 is 0.974 bits per heavy atom. The van der Waals surface area contributed by atoms with Crippen LogP contribution in [-0.2, 0) is 18.9 Å². The van der Waals surface area contributed by atoms with Gasteiger partial charge in [-0.2, -0.15) is 14.0 Å². The number of unbranched alkanes of at least 4 members (excludes halogenated alkanes) is 2. The maximum Gasteiger partial charge on any atom is 0.308 e. The second-order valence-corrected chi connectivity index (χ2v) is 10.8. The molecule has 0 atom stereocenters. The molecule has 0 unspecified atom stereocenters. The number of alkyl halides is 2. The number of nitrogens with zero attached hydrogens (tertiary/aromatic N) is 7. The van der Waals surface area contributed by atoms with E-state index in [1.54, 1.807) is 4.68 Å². The number of benzene rings is 1. The average Bonchev–Trinajstić information content (AvgIpc) is 3.65. The molecule has 0 spiro atoms. The van der Waals surface area contributed by atoms with Gasteiger partial charge in [0.1, 0.15) is 5.82 Å². The van der Waals surface area contributed by atoms with Crippen molar-refractivity contribution in [2.75, 3.05) is 0 Å². The van der Waals surface area contributed by atoms with Gasteiger partial charge in [0.2, 0.25) is 11.6 Å². The molecule has 210 valence electrons. The second kappa shape index (κ2) is 12.2. The van der Waals surface area contributed by atoms with Crippen molar-refractivity contribution in [1.82, 2.24) is 40.0 Å². The SMILES string of the molecule is CCCCc1nc(C(F)(F)CCCC)nn1Cc1ccc(-n2c(C(C)C)cc(C(C)C)c2-c2nn[nH]n2)cc1. The molecular formula is C29H40F2N8. The van der Waals surface area contributed by atoms with Crippen molar-refractivity contribution in [3.05, 3.63) is 58.8 Å². The number of tetrazole rings is 1. The summed E-state index contributed by atoms with van der Waals surface area (Å²) in [5, 5.41) is 19.2. The Morgan fingerprint density at radius 3 is 2.28 bits per heavy atom. The standard InChI is InChI=1S/C29H40F2N8/c1-7-9-11-25-32-28(29(30,31)16-10-8-2)35-38(25)18-21-12-14-22(15-13-21)39-24(20(5)6)17-23(19(3)4)26(39)27-33-36-37-34-27/h12-15,17,19-20H,7-11,16,18H2,1-6H3,(H,33,34,36,37). The number of halogens is 2. The fourth-order valence-electron chi connectivity index (χ4n) is 4.79. The molecule has 0 saturated carbocycles. The first-order chi connectivity index (χ1) is 18.7. The molecule has 0 radical (unpaired) electrons. The lowest BCUT2D eigenvalue weighted by molar-refractivity contribution is -0.0245. The normalized spacial score (nSPS) is 12.3. The van der Waals surface area contributed by atoms with Crippen molar-refractivity contribution in [2.45, 2.75) is 104 Å². The quantitative estimate of drug-likeness (QED) is 0.195. The highest BCUT2D eigenvalue weighted by Crippen LogP contribution is 2.36. The van der Waals surface area contributed by atoms with Crippen molar-refractivity contribution in [2.24, 2.45) is 0 Å². The van der Waals surface area contributed by atoms with Crippen LogP contribution >= 0.6 is 0 Å². The highest BCUT2D eigenvalue weighted by molar-refractivity contribution is 5.63. The zero-order valence-corrected chi connectivity index (χ0v) is 23.9. The summed E-state index contributed by atoms with van der Waals surface area (Å²) in [7, 11) is 0. The Balaban J connectivity index is 1.69. The van der Waals surface area contributed by atoms with E-state index in [0.29, 0.717) is 37.5 Å². The molecule has 4 rings (SSSR count). The zero-order chi connectivity index (χ0) is 28.2. The number of rotatable bonds is 13. The lowest BCUT2D eigenvalue weighted by atomic mass is 10.0. The molecule has 0 aliphatic heterocycles. The van der Waals surface area contributed by atoms with E-state index in [0.717, 1.165) is 41.0 Å². The van der Waals surface area contributed by atoms with Crippen LogP contribution < -0.4 is 0 Å². The molecule has 3 aromatic heterocycles. The van der Waals surface area contributed by atoms with Crippen molar-refractivity contribution in [3.8, 4) is 17.2 Å². The van der Waals surface area contributed by atoms with Gasteiger partial charge in [0.05, 0.1) is 12.2 Å². The Labute approximate surface area is 229 Å². The minimum absolute atomic E-state index is 0.231. The molecule has 0 bridgehead atoms. The summed E-state index contributed by atoms with van der Waals surface area (Å²) in [4.78, 5) is 4.30. The van der Waals surface area contributed by atoms with E-state index >= 15 is 0 Å².